The Morgan fingerprint density at radius 3 is 2.84 bits per heavy atom. The topological polar surface area (TPSA) is 60.5 Å². The van der Waals surface area contributed by atoms with E-state index in [2.05, 4.69) is 10.3 Å². The summed E-state index contributed by atoms with van der Waals surface area (Å²) < 4.78 is 10.8. The van der Waals surface area contributed by atoms with Gasteiger partial charge in [-0.25, -0.2) is 0 Å². The average molecular weight is 258 g/mol. The fourth-order valence-corrected chi connectivity index (χ4v) is 2.05. The van der Waals surface area contributed by atoms with E-state index in [0.29, 0.717) is 19.0 Å². The number of aldehydes is 1. The van der Waals surface area contributed by atoms with E-state index in [1.165, 1.54) is 0 Å². The van der Waals surface area contributed by atoms with Crippen molar-refractivity contribution in [2.24, 2.45) is 0 Å². The van der Waals surface area contributed by atoms with Crippen molar-refractivity contribution in [3.63, 3.8) is 0 Å². The highest BCUT2D eigenvalue weighted by Gasteiger charge is 2.32. The van der Waals surface area contributed by atoms with Crippen molar-refractivity contribution in [3.8, 4) is 0 Å². The molecule has 0 radical (unpaired) electrons. The van der Waals surface area contributed by atoms with E-state index in [0.717, 1.165) is 11.8 Å². The molecule has 2 aliphatic heterocycles. The third kappa shape index (κ3) is 2.24. The second-order valence-corrected chi connectivity index (χ2v) is 4.52. The number of hydrogen-bond donors (Lipinski definition) is 1. The molecule has 1 aromatic rings. The smallest absolute Gasteiger partial charge is 0.154 e. The van der Waals surface area contributed by atoms with Crippen molar-refractivity contribution in [2.45, 2.75) is 11.6 Å². The van der Waals surface area contributed by atoms with Gasteiger partial charge in [-0.3, -0.25) is 9.78 Å². The van der Waals surface area contributed by atoms with Gasteiger partial charge in [-0.1, -0.05) is 0 Å². The maximum Gasteiger partial charge on any atom is 0.154 e. The van der Waals surface area contributed by atoms with E-state index in [1.807, 2.05) is 0 Å². The summed E-state index contributed by atoms with van der Waals surface area (Å²) in [5.74, 6) is 0.677. The molecular weight excluding hydrogens is 244 g/mol. The Morgan fingerprint density at radius 1 is 1.42 bits per heavy atom. The molecule has 1 aromatic heterocycles. The maximum atomic E-state index is 11.6. The lowest BCUT2D eigenvalue weighted by atomic mass is 9.90. The summed E-state index contributed by atoms with van der Waals surface area (Å²) in [7, 11) is 0. The molecule has 3 rings (SSSR count). The fraction of sp³-hybridized carbons (Fsp3) is 0.286. The molecule has 19 heavy (non-hydrogen) atoms. The molecule has 3 heterocycles. The van der Waals surface area contributed by atoms with Crippen molar-refractivity contribution in [2.75, 3.05) is 13.2 Å². The first-order valence-corrected chi connectivity index (χ1v) is 6.11. The van der Waals surface area contributed by atoms with Crippen LogP contribution in [0.4, 0.5) is 0 Å². The maximum absolute atomic E-state index is 11.6. The van der Waals surface area contributed by atoms with Crippen LogP contribution in [-0.4, -0.2) is 30.6 Å². The Bertz CT molecular complexity index is 523. The van der Waals surface area contributed by atoms with Crippen LogP contribution in [0.3, 0.4) is 0 Å². The standard InChI is InChI=1S/C14H14N2O3/c17-10-14(11-1-4-15-5-2-11)7-12(3-6-16-14)19-13-8-18-9-13/h1-7,10,13,16H,8-9H2. The molecule has 5 heteroatoms. The third-order valence-electron chi connectivity index (χ3n) is 3.19. The van der Waals surface area contributed by atoms with Gasteiger partial charge in [0.05, 0.1) is 13.2 Å². The quantitative estimate of drug-likeness (QED) is 0.813. The lowest BCUT2D eigenvalue weighted by Crippen LogP contribution is -2.42. The predicted octanol–water partition coefficient (Wildman–Crippen LogP) is 0.892. The highest BCUT2D eigenvalue weighted by molar-refractivity contribution is 5.72. The number of dihydropyridines is 1. The van der Waals surface area contributed by atoms with Gasteiger partial charge in [0.1, 0.15) is 17.4 Å². The first-order chi connectivity index (χ1) is 9.32. The second kappa shape index (κ2) is 4.85. The number of nitrogens with one attached hydrogen (secondary N) is 1. The highest BCUT2D eigenvalue weighted by Crippen LogP contribution is 2.26. The van der Waals surface area contributed by atoms with Gasteiger partial charge >= 0.3 is 0 Å². The van der Waals surface area contributed by atoms with E-state index in [1.54, 1.807) is 42.9 Å². The van der Waals surface area contributed by atoms with Gasteiger partial charge in [0.2, 0.25) is 0 Å². The SMILES string of the molecule is O=CC1(c2ccncc2)C=C(OC2COC2)C=CN1. The number of ether oxygens (including phenoxy) is 2. The van der Waals surface area contributed by atoms with Crippen molar-refractivity contribution >= 4 is 6.29 Å². The number of pyridine rings is 1. The van der Waals surface area contributed by atoms with Gasteiger partial charge in [0, 0.05) is 18.6 Å². The van der Waals surface area contributed by atoms with Crippen LogP contribution in [0.2, 0.25) is 0 Å². The van der Waals surface area contributed by atoms with Crippen LogP contribution >= 0.6 is 0 Å². The highest BCUT2D eigenvalue weighted by atomic mass is 16.6. The molecule has 0 bridgehead atoms. The van der Waals surface area contributed by atoms with Crippen LogP contribution in [0.5, 0.6) is 0 Å². The molecule has 1 saturated heterocycles. The Balaban J connectivity index is 1.88. The Morgan fingerprint density at radius 2 is 2.21 bits per heavy atom. The summed E-state index contributed by atoms with van der Waals surface area (Å²) in [5.41, 5.74) is -0.0646. The molecule has 1 N–H and O–H groups in total. The monoisotopic (exact) mass is 258 g/mol. The van der Waals surface area contributed by atoms with Gasteiger partial charge in [0.15, 0.2) is 6.29 Å². The molecule has 0 amide bonds. The average Bonchev–Trinajstić information content (AvgIpc) is 2.44. The van der Waals surface area contributed by atoms with Gasteiger partial charge in [0.25, 0.3) is 0 Å². The summed E-state index contributed by atoms with van der Waals surface area (Å²) in [5, 5.41) is 3.07. The van der Waals surface area contributed by atoms with Crippen LogP contribution in [0, 0.1) is 0 Å². The van der Waals surface area contributed by atoms with Crippen LogP contribution < -0.4 is 5.32 Å². The summed E-state index contributed by atoms with van der Waals surface area (Å²) in [6.45, 7) is 1.20. The molecule has 0 aromatic carbocycles. The molecule has 2 aliphatic rings. The van der Waals surface area contributed by atoms with Gasteiger partial charge in [-0.05, 0) is 29.8 Å². The van der Waals surface area contributed by atoms with Crippen LogP contribution in [-0.2, 0) is 19.8 Å². The second-order valence-electron chi connectivity index (χ2n) is 4.52. The minimum absolute atomic E-state index is 0.0794. The zero-order valence-electron chi connectivity index (χ0n) is 10.3. The number of aromatic nitrogens is 1. The van der Waals surface area contributed by atoms with Crippen LogP contribution in [0.15, 0.2) is 48.6 Å². The number of carbonyl (C=O) groups excluding carboxylic acids is 1. The predicted molar refractivity (Wildman–Crippen MR) is 68.0 cm³/mol. The minimum Gasteiger partial charge on any atom is -0.486 e. The van der Waals surface area contributed by atoms with Crippen molar-refractivity contribution in [1.29, 1.82) is 0 Å². The summed E-state index contributed by atoms with van der Waals surface area (Å²) >= 11 is 0. The molecule has 1 fully saturated rings. The lowest BCUT2D eigenvalue weighted by Gasteiger charge is -2.32. The molecule has 0 spiro atoms. The van der Waals surface area contributed by atoms with Gasteiger partial charge in [-0.2, -0.15) is 0 Å². The fourth-order valence-electron chi connectivity index (χ4n) is 2.05. The van der Waals surface area contributed by atoms with Crippen molar-refractivity contribution in [1.82, 2.24) is 10.3 Å². The summed E-state index contributed by atoms with van der Waals surface area (Å²) in [6, 6.07) is 3.61. The molecule has 0 aliphatic carbocycles. The molecule has 1 atom stereocenters. The van der Waals surface area contributed by atoms with E-state index < -0.39 is 5.54 Å². The zero-order chi connectivity index (χ0) is 13.1. The van der Waals surface area contributed by atoms with Crippen molar-refractivity contribution in [3.05, 3.63) is 54.2 Å². The first-order valence-electron chi connectivity index (χ1n) is 6.11. The van der Waals surface area contributed by atoms with E-state index in [-0.39, 0.29) is 6.10 Å². The number of rotatable bonds is 4. The molecule has 1 unspecified atom stereocenters. The number of allylic oxidation sites excluding steroid dienone is 1. The first kappa shape index (κ1) is 11.9. The largest absolute Gasteiger partial charge is 0.486 e. The summed E-state index contributed by atoms with van der Waals surface area (Å²) in [6.07, 6.45) is 9.59. The van der Waals surface area contributed by atoms with Gasteiger partial charge < -0.3 is 14.8 Å². The van der Waals surface area contributed by atoms with Crippen molar-refractivity contribution < 1.29 is 14.3 Å². The molecule has 98 valence electrons. The molecule has 5 nitrogen and oxygen atoms in total. The third-order valence-corrected chi connectivity index (χ3v) is 3.19. The van der Waals surface area contributed by atoms with E-state index >= 15 is 0 Å². The Kier molecular flexibility index (Phi) is 3.05. The zero-order valence-corrected chi connectivity index (χ0v) is 10.3. The number of nitrogens with zero attached hydrogens (tertiary/aromatic N) is 1. The normalized spacial score (nSPS) is 26.0. The van der Waals surface area contributed by atoms with Crippen LogP contribution in [0.25, 0.3) is 0 Å². The molecule has 0 saturated carbocycles. The lowest BCUT2D eigenvalue weighted by molar-refractivity contribution is -0.113. The number of hydrogen-bond acceptors (Lipinski definition) is 5. The van der Waals surface area contributed by atoms with Crippen LogP contribution in [0.1, 0.15) is 5.56 Å². The molecular formula is C14H14N2O3. The number of carbonyl (C=O) groups is 1. The summed E-state index contributed by atoms with van der Waals surface area (Å²) in [4.78, 5) is 15.5. The Hall–Kier alpha value is -2.14. The van der Waals surface area contributed by atoms with Gasteiger partial charge in [-0.15, -0.1) is 0 Å². The minimum atomic E-state index is -0.891. The van der Waals surface area contributed by atoms with E-state index in [9.17, 15) is 4.79 Å². The Labute approximate surface area is 110 Å². The van der Waals surface area contributed by atoms with E-state index in [4.69, 9.17) is 9.47 Å².